The van der Waals surface area contributed by atoms with Crippen LogP contribution in [0, 0.1) is 5.41 Å². The minimum atomic E-state index is -6.58. The number of alkyl halides is 8. The van der Waals surface area contributed by atoms with E-state index in [9.17, 15) is 44.7 Å². The van der Waals surface area contributed by atoms with Gasteiger partial charge in [-0.3, -0.25) is 4.79 Å². The smallest absolute Gasteiger partial charge is 0.378 e. The van der Waals surface area contributed by atoms with Crippen molar-refractivity contribution in [3.05, 3.63) is 64.5 Å². The van der Waals surface area contributed by atoms with E-state index in [4.69, 9.17) is 25.4 Å². The maximum absolute atomic E-state index is 14.6. The second kappa shape index (κ2) is 14.1. The normalized spacial score (nSPS) is 14.8. The summed E-state index contributed by atoms with van der Waals surface area (Å²) in [4.78, 5) is 25.5. The molecule has 1 heterocycles. The molecule has 15 heteroatoms. The molecule has 50 heavy (non-hydrogen) atoms. The van der Waals surface area contributed by atoms with E-state index in [0.29, 0.717) is 17.4 Å². The standard InChI is InChI=1S/C35H42F8N2O5/c1-7-21-10-8-9-11-24(21)25-18-22-12-13-23(19-26(22)50-27(25)46)48-16-14-32(36,37)34(40,41)35(42,43)33(38,39)15-17-49-28(47)31(6,30(4,5)45)20-29(2,3)44/h8-13,18-19H,7,14-17,20,44-45H2,1-6H3. The number of fused-ring (bicyclic) bond motifs is 1. The van der Waals surface area contributed by atoms with E-state index in [1.54, 1.807) is 12.1 Å². The lowest BCUT2D eigenvalue weighted by molar-refractivity contribution is -0.369. The maximum Gasteiger partial charge on any atom is 0.378 e. The van der Waals surface area contributed by atoms with Gasteiger partial charge in [-0.25, -0.2) is 4.79 Å². The third-order valence-corrected chi connectivity index (χ3v) is 8.72. The van der Waals surface area contributed by atoms with Crippen LogP contribution < -0.4 is 21.8 Å². The van der Waals surface area contributed by atoms with Gasteiger partial charge in [0.05, 0.1) is 37.0 Å². The van der Waals surface area contributed by atoms with E-state index in [-0.39, 0.29) is 23.3 Å². The van der Waals surface area contributed by atoms with Gasteiger partial charge in [-0.2, -0.15) is 35.1 Å². The Bertz CT molecular complexity index is 1730. The number of ether oxygens (including phenoxy) is 2. The van der Waals surface area contributed by atoms with Crippen molar-refractivity contribution >= 4 is 16.9 Å². The molecule has 1 unspecified atom stereocenters. The van der Waals surface area contributed by atoms with Gasteiger partial charge in [0.1, 0.15) is 11.3 Å². The Balaban J connectivity index is 1.70. The lowest BCUT2D eigenvalue weighted by Crippen LogP contribution is -2.62. The molecule has 1 atom stereocenters. The van der Waals surface area contributed by atoms with Crippen LogP contribution >= 0.6 is 0 Å². The van der Waals surface area contributed by atoms with Gasteiger partial charge in [0.25, 0.3) is 0 Å². The van der Waals surface area contributed by atoms with E-state index in [1.165, 1.54) is 52.8 Å². The molecule has 0 aliphatic rings. The van der Waals surface area contributed by atoms with E-state index < -0.39 is 77.8 Å². The molecule has 0 amide bonds. The van der Waals surface area contributed by atoms with Crippen molar-refractivity contribution in [2.45, 2.75) is 102 Å². The highest BCUT2D eigenvalue weighted by molar-refractivity contribution is 5.83. The zero-order chi connectivity index (χ0) is 38.1. The maximum atomic E-state index is 14.6. The van der Waals surface area contributed by atoms with Crippen molar-refractivity contribution < 1.29 is 53.8 Å². The molecule has 4 N–H and O–H groups in total. The first-order chi connectivity index (χ1) is 22.7. The zero-order valence-electron chi connectivity index (χ0n) is 28.6. The van der Waals surface area contributed by atoms with Crippen LogP contribution in [-0.4, -0.2) is 54.0 Å². The van der Waals surface area contributed by atoms with Crippen molar-refractivity contribution in [1.29, 1.82) is 0 Å². The highest BCUT2D eigenvalue weighted by Crippen LogP contribution is 2.54. The Hall–Kier alpha value is -3.72. The van der Waals surface area contributed by atoms with Gasteiger partial charge in [0, 0.05) is 22.5 Å². The summed E-state index contributed by atoms with van der Waals surface area (Å²) >= 11 is 0. The molecule has 2 aromatic carbocycles. The molecule has 3 aromatic rings. The first kappa shape index (κ1) is 40.7. The summed E-state index contributed by atoms with van der Waals surface area (Å²) in [6, 6.07) is 12.4. The number of carbonyl (C=O) groups is 1. The van der Waals surface area contributed by atoms with Crippen LogP contribution in [0.2, 0.25) is 0 Å². The number of hydrogen-bond donors (Lipinski definition) is 2. The van der Waals surface area contributed by atoms with E-state index in [2.05, 4.69) is 0 Å². The summed E-state index contributed by atoms with van der Waals surface area (Å²) in [5, 5.41) is 0.404. The molecule has 0 saturated carbocycles. The third-order valence-electron chi connectivity index (χ3n) is 8.72. The molecule has 1 aromatic heterocycles. The number of nitrogens with two attached hydrogens (primary N) is 2. The molecule has 7 nitrogen and oxygen atoms in total. The molecule has 278 valence electrons. The number of benzene rings is 2. The summed E-state index contributed by atoms with van der Waals surface area (Å²) in [5.41, 5.74) is 9.04. The lowest BCUT2D eigenvalue weighted by Gasteiger charge is -2.43. The van der Waals surface area contributed by atoms with Gasteiger partial charge in [0.15, 0.2) is 0 Å². The van der Waals surface area contributed by atoms with Gasteiger partial charge in [0.2, 0.25) is 0 Å². The minimum absolute atomic E-state index is 0.0451. The van der Waals surface area contributed by atoms with Gasteiger partial charge in [-0.15, -0.1) is 0 Å². The average Bonchev–Trinajstić information content (AvgIpc) is 2.98. The summed E-state index contributed by atoms with van der Waals surface area (Å²) in [6.45, 7) is 6.31. The summed E-state index contributed by atoms with van der Waals surface area (Å²) < 4.78 is 132. The van der Waals surface area contributed by atoms with Gasteiger partial charge in [-0.1, -0.05) is 31.2 Å². The molecular weight excluding hydrogens is 680 g/mol. The molecule has 0 radical (unpaired) electrons. The molecule has 0 aliphatic carbocycles. The first-order valence-electron chi connectivity index (χ1n) is 15.8. The molecule has 0 spiro atoms. The monoisotopic (exact) mass is 722 g/mol. The number of esters is 1. The number of rotatable bonds is 16. The third kappa shape index (κ3) is 8.25. The Kier molecular flexibility index (Phi) is 11.5. The largest absolute Gasteiger partial charge is 0.493 e. The summed E-state index contributed by atoms with van der Waals surface area (Å²) in [6.07, 6.45) is -3.79. The number of carbonyl (C=O) groups excluding carboxylic acids is 1. The van der Waals surface area contributed by atoms with Crippen molar-refractivity contribution in [1.82, 2.24) is 0 Å². The van der Waals surface area contributed by atoms with E-state index >= 15 is 0 Å². The summed E-state index contributed by atoms with van der Waals surface area (Å²) in [5.74, 6) is -26.0. The average molecular weight is 723 g/mol. The molecule has 0 fully saturated rings. The second-order valence-electron chi connectivity index (χ2n) is 13.9. The van der Waals surface area contributed by atoms with Crippen LogP contribution in [0.3, 0.4) is 0 Å². The SMILES string of the molecule is CCc1ccccc1-c1cc2ccc(OCCC(F)(F)C(F)(F)C(F)(F)C(F)(F)CCOC(=O)C(C)(CC(C)(C)N)C(C)(C)N)cc2oc1=O. The quantitative estimate of drug-likeness (QED) is 0.0871. The van der Waals surface area contributed by atoms with Crippen molar-refractivity contribution in [3.63, 3.8) is 0 Å². The van der Waals surface area contributed by atoms with Gasteiger partial charge in [-0.05, 0) is 76.8 Å². The molecule has 3 rings (SSSR count). The molecule has 0 aliphatic heterocycles. The summed E-state index contributed by atoms with van der Waals surface area (Å²) in [7, 11) is 0. The Morgan fingerprint density at radius 1 is 0.780 bits per heavy atom. The van der Waals surface area contributed by atoms with Crippen molar-refractivity contribution in [2.75, 3.05) is 13.2 Å². The van der Waals surface area contributed by atoms with Crippen LogP contribution in [-0.2, 0) is 16.0 Å². The predicted molar refractivity (Wildman–Crippen MR) is 172 cm³/mol. The Morgan fingerprint density at radius 3 is 1.88 bits per heavy atom. The predicted octanol–water partition coefficient (Wildman–Crippen LogP) is 8.14. The fourth-order valence-corrected chi connectivity index (χ4v) is 5.44. The molecule has 0 bridgehead atoms. The highest BCUT2D eigenvalue weighted by atomic mass is 19.4. The zero-order valence-corrected chi connectivity index (χ0v) is 28.6. The Morgan fingerprint density at radius 2 is 1.34 bits per heavy atom. The van der Waals surface area contributed by atoms with Crippen molar-refractivity contribution in [2.24, 2.45) is 16.9 Å². The number of halogens is 8. The van der Waals surface area contributed by atoms with Crippen LogP contribution in [0.4, 0.5) is 35.1 Å². The second-order valence-corrected chi connectivity index (χ2v) is 13.9. The fourth-order valence-electron chi connectivity index (χ4n) is 5.44. The van der Waals surface area contributed by atoms with Crippen molar-refractivity contribution in [3.8, 4) is 16.9 Å². The van der Waals surface area contributed by atoms with E-state index in [1.807, 2.05) is 19.1 Å². The fraction of sp³-hybridized carbons (Fsp3) is 0.543. The first-order valence-corrected chi connectivity index (χ1v) is 15.8. The minimum Gasteiger partial charge on any atom is -0.493 e. The highest BCUT2D eigenvalue weighted by Gasteiger charge is 2.79. The molecular formula is C35H42F8N2O5. The molecule has 0 saturated heterocycles. The van der Waals surface area contributed by atoms with E-state index in [0.717, 1.165) is 11.6 Å². The number of hydrogen-bond acceptors (Lipinski definition) is 7. The van der Waals surface area contributed by atoms with Gasteiger partial charge >= 0.3 is 35.3 Å². The number of aryl methyl sites for hydroxylation is 1. The van der Waals surface area contributed by atoms with Crippen LogP contribution in [0.1, 0.15) is 66.4 Å². The lowest BCUT2D eigenvalue weighted by atomic mass is 9.67. The van der Waals surface area contributed by atoms with Gasteiger partial charge < -0.3 is 25.4 Å². The van der Waals surface area contributed by atoms with Crippen LogP contribution in [0.5, 0.6) is 5.75 Å². The van der Waals surface area contributed by atoms with Crippen LogP contribution in [0.25, 0.3) is 22.1 Å². The van der Waals surface area contributed by atoms with Crippen LogP contribution in [0.15, 0.2) is 57.7 Å². The topological polar surface area (TPSA) is 118 Å². The Labute approximate surface area is 284 Å².